The van der Waals surface area contributed by atoms with E-state index in [1.165, 1.54) is 10.5 Å². The average molecular weight is 533 g/mol. The Kier molecular flexibility index (Phi) is 5.53. The van der Waals surface area contributed by atoms with Crippen LogP contribution in [0.25, 0.3) is 0 Å². The Hall–Kier alpha value is -4.19. The number of carbonyl (C=O) groups is 3. The van der Waals surface area contributed by atoms with Crippen molar-refractivity contribution >= 4 is 29.1 Å². The van der Waals surface area contributed by atoms with Crippen LogP contribution in [0.3, 0.4) is 0 Å². The number of hydrogen-bond donors (Lipinski definition) is 1. The largest absolute Gasteiger partial charge is 0.457 e. The predicted molar refractivity (Wildman–Crippen MR) is 153 cm³/mol. The number of anilines is 2. The Morgan fingerprint density at radius 1 is 0.825 bits per heavy atom. The first-order valence-electron chi connectivity index (χ1n) is 14.0. The van der Waals surface area contributed by atoms with Gasteiger partial charge in [-0.3, -0.25) is 14.4 Å². The smallest absolute Gasteiger partial charge is 0.255 e. The van der Waals surface area contributed by atoms with Crippen LogP contribution in [0.15, 0.2) is 84.9 Å². The molecule has 4 aliphatic carbocycles. The Morgan fingerprint density at radius 2 is 1.40 bits per heavy atom. The molecule has 2 saturated carbocycles. The molecule has 8 rings (SSSR count). The van der Waals surface area contributed by atoms with Crippen molar-refractivity contribution in [3.63, 3.8) is 0 Å². The molecule has 202 valence electrons. The van der Waals surface area contributed by atoms with Gasteiger partial charge < -0.3 is 10.1 Å². The van der Waals surface area contributed by atoms with Gasteiger partial charge in [-0.1, -0.05) is 51.1 Å². The highest BCUT2D eigenvalue weighted by Crippen LogP contribution is 2.65. The first-order chi connectivity index (χ1) is 19.2. The predicted octanol–water partition coefficient (Wildman–Crippen LogP) is 6.59. The molecule has 6 nitrogen and oxygen atoms in total. The summed E-state index contributed by atoms with van der Waals surface area (Å²) in [6, 6.07) is 22.0. The van der Waals surface area contributed by atoms with Crippen LogP contribution in [-0.2, 0) is 15.0 Å². The fraction of sp³-hybridized carbons (Fsp3) is 0.324. The van der Waals surface area contributed by atoms with Crippen molar-refractivity contribution < 1.29 is 19.1 Å². The van der Waals surface area contributed by atoms with Gasteiger partial charge in [0.25, 0.3) is 5.91 Å². The van der Waals surface area contributed by atoms with E-state index in [1.54, 1.807) is 48.5 Å². The number of amides is 3. The molecule has 0 aromatic heterocycles. The van der Waals surface area contributed by atoms with Gasteiger partial charge in [0.1, 0.15) is 11.5 Å². The molecule has 1 aliphatic heterocycles. The zero-order chi connectivity index (χ0) is 27.8. The van der Waals surface area contributed by atoms with Crippen LogP contribution in [0.4, 0.5) is 11.4 Å². The molecule has 1 saturated heterocycles. The van der Waals surface area contributed by atoms with E-state index in [1.807, 2.05) is 12.1 Å². The maximum Gasteiger partial charge on any atom is 0.255 e. The molecule has 6 heteroatoms. The second-order valence-electron chi connectivity index (χ2n) is 12.6. The minimum atomic E-state index is -0.312. The summed E-state index contributed by atoms with van der Waals surface area (Å²) in [6.45, 7) is 6.52. The summed E-state index contributed by atoms with van der Waals surface area (Å²) in [5.74, 6) is 1.76. The molecule has 2 bridgehead atoms. The van der Waals surface area contributed by atoms with E-state index in [2.05, 4.69) is 50.4 Å². The van der Waals surface area contributed by atoms with Gasteiger partial charge in [-0.25, -0.2) is 4.90 Å². The van der Waals surface area contributed by atoms with E-state index in [0.717, 1.165) is 12.2 Å². The van der Waals surface area contributed by atoms with Gasteiger partial charge in [0, 0.05) is 11.3 Å². The highest BCUT2D eigenvalue weighted by atomic mass is 16.5. The lowest BCUT2D eigenvalue weighted by Gasteiger charge is -2.37. The maximum atomic E-state index is 13.5. The summed E-state index contributed by atoms with van der Waals surface area (Å²) >= 11 is 0. The second-order valence-corrected chi connectivity index (χ2v) is 12.6. The van der Waals surface area contributed by atoms with E-state index in [-0.39, 0.29) is 46.8 Å². The summed E-state index contributed by atoms with van der Waals surface area (Å²) in [5, 5.41) is 2.91. The van der Waals surface area contributed by atoms with Gasteiger partial charge >= 0.3 is 0 Å². The number of hydrogen-bond acceptors (Lipinski definition) is 4. The van der Waals surface area contributed by atoms with Crippen molar-refractivity contribution in [3.05, 3.63) is 96.1 Å². The number of imide groups is 1. The standard InChI is InChI=1S/C34H32N2O4/c1-34(2,3)20-7-11-23(12-8-20)40-24-13-9-21(10-14-24)35-31(37)19-5-4-6-22(17-19)36-32(38)29-25-15-16-26(28-18-27(25)28)30(29)33(36)39/h4-17,25-30H,18H2,1-3H3,(H,35,37)/t25-,26+,27-,28-,29+,30-/m1/s1. The zero-order valence-corrected chi connectivity index (χ0v) is 22.8. The van der Waals surface area contributed by atoms with Crippen molar-refractivity contribution in [2.75, 3.05) is 10.2 Å². The van der Waals surface area contributed by atoms with E-state index in [4.69, 9.17) is 4.74 Å². The van der Waals surface area contributed by atoms with Crippen molar-refractivity contribution in [2.24, 2.45) is 35.5 Å². The molecule has 3 aromatic rings. The molecule has 40 heavy (non-hydrogen) atoms. The maximum absolute atomic E-state index is 13.5. The van der Waals surface area contributed by atoms with E-state index in [9.17, 15) is 14.4 Å². The third-order valence-corrected chi connectivity index (χ3v) is 9.10. The number of rotatable bonds is 5. The third-order valence-electron chi connectivity index (χ3n) is 9.10. The Morgan fingerprint density at radius 3 is 1.98 bits per heavy atom. The zero-order valence-electron chi connectivity index (χ0n) is 22.8. The highest BCUT2D eigenvalue weighted by Gasteiger charge is 2.67. The van der Waals surface area contributed by atoms with Crippen molar-refractivity contribution in [1.29, 1.82) is 0 Å². The summed E-state index contributed by atoms with van der Waals surface area (Å²) in [7, 11) is 0. The van der Waals surface area contributed by atoms with Crippen LogP contribution >= 0.6 is 0 Å². The number of nitrogens with zero attached hydrogens (tertiary/aromatic N) is 1. The molecule has 1 heterocycles. The van der Waals surface area contributed by atoms with E-state index >= 15 is 0 Å². The lowest BCUT2D eigenvalue weighted by atomic mass is 9.63. The number of ether oxygens (including phenoxy) is 1. The molecule has 0 unspecified atom stereocenters. The first kappa shape index (κ1) is 24.8. The fourth-order valence-electron chi connectivity index (χ4n) is 6.97. The Labute approximate surface area is 234 Å². The van der Waals surface area contributed by atoms with Crippen LogP contribution in [0, 0.1) is 35.5 Å². The van der Waals surface area contributed by atoms with E-state index in [0.29, 0.717) is 34.5 Å². The quantitative estimate of drug-likeness (QED) is 0.297. The number of carbonyl (C=O) groups excluding carboxylic acids is 3. The molecule has 5 aliphatic rings. The molecule has 3 fully saturated rings. The first-order valence-corrected chi connectivity index (χ1v) is 14.0. The molecule has 0 radical (unpaired) electrons. The third kappa shape index (κ3) is 4.05. The lowest BCUT2D eigenvalue weighted by Crippen LogP contribution is -2.40. The van der Waals surface area contributed by atoms with Crippen LogP contribution in [0.2, 0.25) is 0 Å². The molecule has 3 aromatic carbocycles. The van der Waals surface area contributed by atoms with Gasteiger partial charge in [0.15, 0.2) is 0 Å². The summed E-state index contributed by atoms with van der Waals surface area (Å²) < 4.78 is 5.97. The van der Waals surface area contributed by atoms with Gasteiger partial charge in [0.2, 0.25) is 11.8 Å². The Bertz CT molecular complexity index is 1510. The number of allylic oxidation sites excluding steroid dienone is 2. The van der Waals surface area contributed by atoms with Gasteiger partial charge in [-0.05, 0) is 95.7 Å². The normalized spacial score (nSPS) is 27.8. The van der Waals surface area contributed by atoms with Crippen molar-refractivity contribution in [1.82, 2.24) is 0 Å². The molecule has 3 amide bonds. The lowest BCUT2D eigenvalue weighted by molar-refractivity contribution is -0.124. The number of nitrogens with one attached hydrogen (secondary N) is 1. The van der Waals surface area contributed by atoms with Gasteiger partial charge in [-0.2, -0.15) is 0 Å². The number of benzene rings is 3. The fourth-order valence-corrected chi connectivity index (χ4v) is 6.97. The summed E-state index contributed by atoms with van der Waals surface area (Å²) in [5.41, 5.74) is 2.78. The SMILES string of the molecule is CC(C)(C)c1ccc(Oc2ccc(NC(=O)c3cccc(N4C(=O)[C@@H]5[C@H]6C=C[C@H]([C@H]7C[C@H]67)[C@@H]5C4=O)c3)cc2)cc1. The molecule has 0 spiro atoms. The highest BCUT2D eigenvalue weighted by molar-refractivity contribution is 6.23. The average Bonchev–Trinajstić information content (AvgIpc) is 3.72. The minimum Gasteiger partial charge on any atom is -0.457 e. The molecular formula is C34H32N2O4. The summed E-state index contributed by atoms with van der Waals surface area (Å²) in [6.07, 6.45) is 5.46. The molecular weight excluding hydrogens is 500 g/mol. The topological polar surface area (TPSA) is 75.7 Å². The van der Waals surface area contributed by atoms with E-state index < -0.39 is 0 Å². The van der Waals surface area contributed by atoms with Gasteiger partial charge in [-0.15, -0.1) is 0 Å². The second kappa shape index (κ2) is 8.91. The summed E-state index contributed by atoms with van der Waals surface area (Å²) in [4.78, 5) is 41.3. The van der Waals surface area contributed by atoms with Crippen LogP contribution < -0.4 is 15.0 Å². The van der Waals surface area contributed by atoms with Crippen molar-refractivity contribution in [2.45, 2.75) is 32.6 Å². The molecule has 6 atom stereocenters. The minimum absolute atomic E-state index is 0.0766. The monoisotopic (exact) mass is 532 g/mol. The van der Waals surface area contributed by atoms with Crippen molar-refractivity contribution in [3.8, 4) is 11.5 Å². The van der Waals surface area contributed by atoms with Gasteiger partial charge in [0.05, 0.1) is 17.5 Å². The molecule has 1 N–H and O–H groups in total. The van der Waals surface area contributed by atoms with Crippen LogP contribution in [0.1, 0.15) is 43.1 Å². The van der Waals surface area contributed by atoms with Crippen LogP contribution in [0.5, 0.6) is 11.5 Å². The Balaban J connectivity index is 1.03. The van der Waals surface area contributed by atoms with Crippen LogP contribution in [-0.4, -0.2) is 17.7 Å².